The molecule has 1 N–H and O–H groups in total. The zero-order valence-corrected chi connectivity index (χ0v) is 18.4. The van der Waals surface area contributed by atoms with E-state index in [4.69, 9.17) is 4.74 Å². The average Bonchev–Trinajstić information content (AvgIpc) is 2.69. The molecule has 1 saturated heterocycles. The van der Waals surface area contributed by atoms with Crippen LogP contribution in [0.3, 0.4) is 0 Å². The molecule has 0 spiro atoms. The van der Waals surface area contributed by atoms with Gasteiger partial charge in [-0.25, -0.2) is 0 Å². The summed E-state index contributed by atoms with van der Waals surface area (Å²) in [7, 11) is 0. The molecule has 0 saturated carbocycles. The van der Waals surface area contributed by atoms with Crippen LogP contribution in [0.5, 0.6) is 5.75 Å². The standard InChI is InChI=1S/C25H34N2O2/c1-17-7-6-12-27(15-17)23-10-8-22(9-11-23)21(5)26-25(28)16-29-24-14-18(2)13-19(3)20(24)4/h8-11,13-14,17,21H,6-7,12,15-16H2,1-5H3,(H,26,28)/t17-,21-/m1/s1. The van der Waals surface area contributed by atoms with Crippen molar-refractivity contribution in [1.82, 2.24) is 5.32 Å². The van der Waals surface area contributed by atoms with Crippen molar-refractivity contribution in [3.05, 3.63) is 58.7 Å². The summed E-state index contributed by atoms with van der Waals surface area (Å²) >= 11 is 0. The molecule has 2 atom stereocenters. The minimum atomic E-state index is -0.106. The maximum absolute atomic E-state index is 12.4. The molecular weight excluding hydrogens is 360 g/mol. The molecule has 0 aromatic heterocycles. The molecule has 4 heteroatoms. The number of ether oxygens (including phenoxy) is 1. The zero-order chi connectivity index (χ0) is 21.0. The Labute approximate surface area is 175 Å². The van der Waals surface area contributed by atoms with Crippen LogP contribution in [0.15, 0.2) is 36.4 Å². The molecule has 29 heavy (non-hydrogen) atoms. The third-order valence-corrected chi connectivity index (χ3v) is 5.92. The number of benzene rings is 2. The van der Waals surface area contributed by atoms with E-state index in [9.17, 15) is 4.79 Å². The number of amides is 1. The van der Waals surface area contributed by atoms with E-state index < -0.39 is 0 Å². The second-order valence-electron chi connectivity index (χ2n) is 8.57. The third-order valence-electron chi connectivity index (χ3n) is 5.92. The molecule has 1 aliphatic heterocycles. The fourth-order valence-corrected chi connectivity index (χ4v) is 4.06. The first-order valence-corrected chi connectivity index (χ1v) is 10.7. The number of rotatable bonds is 6. The number of nitrogens with one attached hydrogen (secondary N) is 1. The van der Waals surface area contributed by atoms with Crippen molar-refractivity contribution in [3.63, 3.8) is 0 Å². The summed E-state index contributed by atoms with van der Waals surface area (Å²) < 4.78 is 5.79. The molecule has 1 aliphatic rings. The van der Waals surface area contributed by atoms with E-state index in [1.54, 1.807) is 0 Å². The third kappa shape index (κ3) is 5.53. The highest BCUT2D eigenvalue weighted by atomic mass is 16.5. The minimum absolute atomic E-state index is 0.0256. The Morgan fingerprint density at radius 2 is 1.93 bits per heavy atom. The van der Waals surface area contributed by atoms with Crippen molar-refractivity contribution in [2.75, 3.05) is 24.6 Å². The summed E-state index contributed by atoms with van der Waals surface area (Å²) in [5.74, 6) is 1.43. The van der Waals surface area contributed by atoms with Crippen LogP contribution in [0, 0.1) is 26.7 Å². The van der Waals surface area contributed by atoms with E-state index in [1.807, 2.05) is 26.8 Å². The van der Waals surface area contributed by atoms with E-state index in [0.29, 0.717) is 0 Å². The lowest BCUT2D eigenvalue weighted by atomic mass is 9.99. The van der Waals surface area contributed by atoms with Gasteiger partial charge in [0.05, 0.1) is 6.04 Å². The number of hydrogen-bond acceptors (Lipinski definition) is 3. The number of piperidine rings is 1. The van der Waals surface area contributed by atoms with Crippen molar-refractivity contribution in [2.45, 2.75) is 53.5 Å². The Morgan fingerprint density at radius 1 is 1.21 bits per heavy atom. The van der Waals surface area contributed by atoms with Crippen LogP contribution >= 0.6 is 0 Å². The first-order valence-electron chi connectivity index (χ1n) is 10.7. The van der Waals surface area contributed by atoms with Crippen molar-refractivity contribution in [2.24, 2.45) is 5.92 Å². The molecular formula is C25H34N2O2. The van der Waals surface area contributed by atoms with Crippen molar-refractivity contribution >= 4 is 11.6 Å². The van der Waals surface area contributed by atoms with Crippen LogP contribution in [0.4, 0.5) is 5.69 Å². The predicted octanol–water partition coefficient (Wildman–Crippen LogP) is 5.10. The van der Waals surface area contributed by atoms with E-state index >= 15 is 0 Å². The number of carbonyl (C=O) groups excluding carboxylic acids is 1. The van der Waals surface area contributed by atoms with Gasteiger partial charge >= 0.3 is 0 Å². The number of nitrogens with zero attached hydrogens (tertiary/aromatic N) is 1. The van der Waals surface area contributed by atoms with Crippen molar-refractivity contribution < 1.29 is 9.53 Å². The monoisotopic (exact) mass is 394 g/mol. The highest BCUT2D eigenvalue weighted by Gasteiger charge is 2.17. The minimum Gasteiger partial charge on any atom is -0.483 e. The fourth-order valence-electron chi connectivity index (χ4n) is 4.06. The molecule has 2 aromatic carbocycles. The number of anilines is 1. The molecule has 0 radical (unpaired) electrons. The van der Waals surface area contributed by atoms with Crippen molar-refractivity contribution in [1.29, 1.82) is 0 Å². The zero-order valence-electron chi connectivity index (χ0n) is 18.4. The van der Waals surface area contributed by atoms with Crippen LogP contribution in [0.25, 0.3) is 0 Å². The largest absolute Gasteiger partial charge is 0.483 e. The summed E-state index contributed by atoms with van der Waals surface area (Å²) in [6, 6.07) is 12.6. The molecule has 0 aliphatic carbocycles. The highest BCUT2D eigenvalue weighted by Crippen LogP contribution is 2.25. The second-order valence-corrected chi connectivity index (χ2v) is 8.57. The molecule has 2 aromatic rings. The first kappa shape index (κ1) is 21.2. The van der Waals surface area contributed by atoms with Crippen LogP contribution in [-0.4, -0.2) is 25.6 Å². The van der Waals surface area contributed by atoms with Gasteiger partial charge < -0.3 is 15.0 Å². The van der Waals surface area contributed by atoms with Crippen LogP contribution in [-0.2, 0) is 4.79 Å². The summed E-state index contributed by atoms with van der Waals surface area (Å²) in [6.07, 6.45) is 2.58. The van der Waals surface area contributed by atoms with Crippen LogP contribution in [0.2, 0.25) is 0 Å². The van der Waals surface area contributed by atoms with Gasteiger partial charge in [-0.2, -0.15) is 0 Å². The lowest BCUT2D eigenvalue weighted by Gasteiger charge is -2.33. The molecule has 156 valence electrons. The second kappa shape index (κ2) is 9.34. The number of aryl methyl sites for hydroxylation is 2. The lowest BCUT2D eigenvalue weighted by molar-refractivity contribution is -0.123. The Bertz CT molecular complexity index is 845. The van der Waals surface area contributed by atoms with Crippen LogP contribution < -0.4 is 15.0 Å². The number of carbonyl (C=O) groups is 1. The molecule has 4 nitrogen and oxygen atoms in total. The molecule has 0 bridgehead atoms. The predicted molar refractivity (Wildman–Crippen MR) is 120 cm³/mol. The van der Waals surface area contributed by atoms with E-state index in [-0.39, 0.29) is 18.6 Å². The maximum atomic E-state index is 12.4. The fraction of sp³-hybridized carbons (Fsp3) is 0.480. The molecule has 1 amide bonds. The Hall–Kier alpha value is -2.49. The lowest BCUT2D eigenvalue weighted by Crippen LogP contribution is -2.34. The van der Waals surface area contributed by atoms with E-state index in [1.165, 1.54) is 24.1 Å². The van der Waals surface area contributed by atoms with Gasteiger partial charge in [0, 0.05) is 18.8 Å². The van der Waals surface area contributed by atoms with Crippen molar-refractivity contribution in [3.8, 4) is 5.75 Å². The summed E-state index contributed by atoms with van der Waals surface area (Å²) in [5, 5.41) is 3.04. The molecule has 1 heterocycles. The average molecular weight is 395 g/mol. The van der Waals surface area contributed by atoms with E-state index in [0.717, 1.165) is 41.4 Å². The van der Waals surface area contributed by atoms with Gasteiger partial charge in [-0.1, -0.05) is 25.1 Å². The Balaban J connectivity index is 1.54. The van der Waals surface area contributed by atoms with Gasteiger partial charge in [0.2, 0.25) is 0 Å². The van der Waals surface area contributed by atoms with Gasteiger partial charge in [-0.15, -0.1) is 0 Å². The smallest absolute Gasteiger partial charge is 0.258 e. The van der Waals surface area contributed by atoms with E-state index in [2.05, 4.69) is 54.4 Å². The Morgan fingerprint density at radius 3 is 2.62 bits per heavy atom. The first-order chi connectivity index (χ1) is 13.8. The molecule has 0 unspecified atom stereocenters. The SMILES string of the molecule is Cc1cc(C)c(C)c(OCC(=O)N[C@H](C)c2ccc(N3CCC[C@@H](C)C3)cc2)c1. The van der Waals surface area contributed by atoms with Gasteiger partial charge in [0.15, 0.2) is 6.61 Å². The summed E-state index contributed by atoms with van der Waals surface area (Å²) in [4.78, 5) is 14.8. The van der Waals surface area contributed by atoms with Gasteiger partial charge in [0.25, 0.3) is 5.91 Å². The van der Waals surface area contributed by atoms with Gasteiger partial charge in [-0.05, 0) is 86.9 Å². The molecule has 3 rings (SSSR count). The number of hydrogen-bond donors (Lipinski definition) is 1. The Kier molecular flexibility index (Phi) is 6.83. The summed E-state index contributed by atoms with van der Waals surface area (Å²) in [5.41, 5.74) is 5.78. The van der Waals surface area contributed by atoms with Crippen LogP contribution in [0.1, 0.15) is 55.0 Å². The highest BCUT2D eigenvalue weighted by molar-refractivity contribution is 5.78. The molecule has 1 fully saturated rings. The summed E-state index contributed by atoms with van der Waals surface area (Å²) in [6.45, 7) is 12.7. The normalized spacial score (nSPS) is 17.7. The topological polar surface area (TPSA) is 41.6 Å². The quantitative estimate of drug-likeness (QED) is 0.741. The van der Waals surface area contributed by atoms with Gasteiger partial charge in [0.1, 0.15) is 5.75 Å². The maximum Gasteiger partial charge on any atom is 0.258 e. The van der Waals surface area contributed by atoms with Gasteiger partial charge in [-0.3, -0.25) is 4.79 Å².